The van der Waals surface area contributed by atoms with E-state index in [2.05, 4.69) is 5.32 Å². The summed E-state index contributed by atoms with van der Waals surface area (Å²) in [6.45, 7) is 4.75. The second-order valence-corrected chi connectivity index (χ2v) is 8.07. The first kappa shape index (κ1) is 19.8. The summed E-state index contributed by atoms with van der Waals surface area (Å²) in [7, 11) is -3.80. The molecule has 8 heteroatoms. The molecule has 0 aliphatic carbocycles. The highest BCUT2D eigenvalue weighted by Gasteiger charge is 2.25. The van der Waals surface area contributed by atoms with E-state index in [4.69, 9.17) is 0 Å². The topological polar surface area (TPSA) is 66.5 Å². The monoisotopic (exact) mass is 382 g/mol. The third-order valence-electron chi connectivity index (χ3n) is 3.80. The third-order valence-corrected chi connectivity index (χ3v) is 4.91. The zero-order valence-electron chi connectivity index (χ0n) is 14.9. The Morgan fingerprint density at radius 2 is 1.58 bits per heavy atom. The lowest BCUT2D eigenvalue weighted by molar-refractivity contribution is -0.114. The fraction of sp³-hybridized carbons (Fsp3) is 0.278. The molecule has 0 saturated heterocycles. The zero-order chi connectivity index (χ0) is 19.6. The van der Waals surface area contributed by atoms with Crippen LogP contribution >= 0.6 is 0 Å². The van der Waals surface area contributed by atoms with Crippen molar-refractivity contribution in [3.05, 3.63) is 58.7 Å². The highest BCUT2D eigenvalue weighted by Crippen LogP contribution is 2.28. The molecule has 140 valence electrons. The Morgan fingerprint density at radius 3 is 2.04 bits per heavy atom. The van der Waals surface area contributed by atoms with Crippen LogP contribution in [0.2, 0.25) is 0 Å². The van der Waals surface area contributed by atoms with Crippen LogP contribution in [0.1, 0.15) is 16.7 Å². The number of aryl methyl sites for hydroxylation is 3. The minimum absolute atomic E-state index is 0.377. The van der Waals surface area contributed by atoms with Crippen molar-refractivity contribution >= 4 is 27.3 Å². The summed E-state index contributed by atoms with van der Waals surface area (Å²) < 4.78 is 52.8. The molecular weight excluding hydrogens is 362 g/mol. The van der Waals surface area contributed by atoms with Crippen LogP contribution in [0.15, 0.2) is 30.3 Å². The van der Waals surface area contributed by atoms with E-state index in [1.54, 1.807) is 26.0 Å². The van der Waals surface area contributed by atoms with Gasteiger partial charge in [0.25, 0.3) is 0 Å². The average Bonchev–Trinajstić information content (AvgIpc) is 2.48. The first-order valence-corrected chi connectivity index (χ1v) is 9.65. The fourth-order valence-electron chi connectivity index (χ4n) is 2.85. The molecule has 26 heavy (non-hydrogen) atoms. The van der Waals surface area contributed by atoms with Crippen molar-refractivity contribution in [1.29, 1.82) is 0 Å². The molecule has 2 rings (SSSR count). The lowest BCUT2D eigenvalue weighted by atomic mass is 10.1. The first-order valence-electron chi connectivity index (χ1n) is 7.80. The molecule has 2 aromatic rings. The number of nitrogens with zero attached hydrogens (tertiary/aromatic N) is 1. The van der Waals surface area contributed by atoms with E-state index in [9.17, 15) is 22.0 Å². The fourth-order valence-corrected chi connectivity index (χ4v) is 3.83. The number of benzene rings is 2. The van der Waals surface area contributed by atoms with E-state index in [1.807, 2.05) is 6.92 Å². The highest BCUT2D eigenvalue weighted by atomic mass is 32.2. The molecule has 0 radical (unpaired) electrons. The summed E-state index contributed by atoms with van der Waals surface area (Å²) in [5.41, 5.74) is 2.08. The summed E-state index contributed by atoms with van der Waals surface area (Å²) in [5, 5.41) is 2.11. The van der Waals surface area contributed by atoms with Crippen LogP contribution in [0.4, 0.5) is 20.2 Å². The number of amides is 1. The van der Waals surface area contributed by atoms with Gasteiger partial charge in [0, 0.05) is 0 Å². The van der Waals surface area contributed by atoms with E-state index in [-0.39, 0.29) is 0 Å². The number of para-hydroxylation sites is 1. The van der Waals surface area contributed by atoms with Crippen LogP contribution in [0.25, 0.3) is 0 Å². The molecule has 5 nitrogen and oxygen atoms in total. The van der Waals surface area contributed by atoms with Gasteiger partial charge in [-0.2, -0.15) is 0 Å². The average molecular weight is 382 g/mol. The predicted octanol–water partition coefficient (Wildman–Crippen LogP) is 3.29. The standard InChI is InChI=1S/C18H20F2N2O3S/c1-11-8-12(2)18(13(3)9-11)22(26(4,24)25)10-16(23)21-17-14(19)6-5-7-15(17)20/h5-9H,10H2,1-4H3,(H,21,23). The van der Waals surface area contributed by atoms with Gasteiger partial charge in [-0.1, -0.05) is 23.8 Å². The van der Waals surface area contributed by atoms with Gasteiger partial charge in [-0.25, -0.2) is 17.2 Å². The van der Waals surface area contributed by atoms with E-state index in [0.717, 1.165) is 28.3 Å². The Bertz CT molecular complexity index is 916. The number of carbonyl (C=O) groups excluding carboxylic acids is 1. The largest absolute Gasteiger partial charge is 0.320 e. The third kappa shape index (κ3) is 4.37. The SMILES string of the molecule is Cc1cc(C)c(N(CC(=O)Nc2c(F)cccc2F)S(C)(=O)=O)c(C)c1. The molecule has 0 aliphatic heterocycles. The van der Waals surface area contributed by atoms with Crippen LogP contribution in [0.5, 0.6) is 0 Å². The number of hydrogen-bond acceptors (Lipinski definition) is 3. The van der Waals surface area contributed by atoms with Crippen molar-refractivity contribution < 1.29 is 22.0 Å². The van der Waals surface area contributed by atoms with E-state index >= 15 is 0 Å². The van der Waals surface area contributed by atoms with Gasteiger partial charge < -0.3 is 5.32 Å². The minimum Gasteiger partial charge on any atom is -0.320 e. The Labute approximate surface area is 151 Å². The van der Waals surface area contributed by atoms with Gasteiger partial charge in [0.15, 0.2) is 0 Å². The number of carbonyl (C=O) groups is 1. The normalized spacial score (nSPS) is 11.3. The van der Waals surface area contributed by atoms with Gasteiger partial charge in [-0.05, 0) is 44.0 Å². The Balaban J connectivity index is 2.37. The molecule has 0 atom stereocenters. The number of anilines is 2. The number of nitrogens with one attached hydrogen (secondary N) is 1. The molecule has 0 heterocycles. The van der Waals surface area contributed by atoms with Gasteiger partial charge in [-0.3, -0.25) is 9.10 Å². The molecule has 0 bridgehead atoms. The summed E-state index contributed by atoms with van der Waals surface area (Å²) in [5.74, 6) is -2.72. The van der Waals surface area contributed by atoms with E-state index in [0.29, 0.717) is 16.8 Å². The van der Waals surface area contributed by atoms with Crippen molar-refractivity contribution in [3.63, 3.8) is 0 Å². The molecule has 1 N–H and O–H groups in total. The summed E-state index contributed by atoms with van der Waals surface area (Å²) >= 11 is 0. The number of halogens is 2. The second kappa shape index (κ2) is 7.41. The van der Waals surface area contributed by atoms with Gasteiger partial charge in [0.2, 0.25) is 15.9 Å². The lowest BCUT2D eigenvalue weighted by Gasteiger charge is -2.26. The maximum Gasteiger partial charge on any atom is 0.245 e. The molecule has 0 saturated carbocycles. The van der Waals surface area contributed by atoms with Gasteiger partial charge in [-0.15, -0.1) is 0 Å². The first-order chi connectivity index (χ1) is 12.0. The highest BCUT2D eigenvalue weighted by molar-refractivity contribution is 7.92. The lowest BCUT2D eigenvalue weighted by Crippen LogP contribution is -2.38. The minimum atomic E-state index is -3.80. The Kier molecular flexibility index (Phi) is 5.65. The van der Waals surface area contributed by atoms with Gasteiger partial charge in [0.1, 0.15) is 23.9 Å². The Morgan fingerprint density at radius 1 is 1.08 bits per heavy atom. The maximum absolute atomic E-state index is 13.7. The van der Waals surface area contributed by atoms with Crippen molar-refractivity contribution in [2.24, 2.45) is 0 Å². The summed E-state index contributed by atoms with van der Waals surface area (Å²) in [6, 6.07) is 6.77. The van der Waals surface area contributed by atoms with Crippen LogP contribution in [-0.4, -0.2) is 27.1 Å². The molecule has 0 unspecified atom stereocenters. The molecular formula is C18H20F2N2O3S. The molecule has 0 spiro atoms. The summed E-state index contributed by atoms with van der Waals surface area (Å²) in [6.07, 6.45) is 0.975. The van der Waals surface area contributed by atoms with Crippen LogP contribution in [0, 0.1) is 32.4 Å². The molecule has 0 fully saturated rings. The van der Waals surface area contributed by atoms with E-state index < -0.39 is 39.8 Å². The maximum atomic E-state index is 13.7. The van der Waals surface area contributed by atoms with Crippen LogP contribution in [0.3, 0.4) is 0 Å². The summed E-state index contributed by atoms with van der Waals surface area (Å²) in [4.78, 5) is 12.3. The Hall–Kier alpha value is -2.48. The second-order valence-electron chi connectivity index (χ2n) is 6.16. The molecule has 0 aliphatic rings. The van der Waals surface area contributed by atoms with Gasteiger partial charge >= 0.3 is 0 Å². The quantitative estimate of drug-likeness (QED) is 0.863. The van der Waals surface area contributed by atoms with Crippen molar-refractivity contribution in [1.82, 2.24) is 0 Å². The van der Waals surface area contributed by atoms with Crippen molar-refractivity contribution in [2.75, 3.05) is 22.4 Å². The number of sulfonamides is 1. The van der Waals surface area contributed by atoms with Crippen molar-refractivity contribution in [2.45, 2.75) is 20.8 Å². The number of rotatable bonds is 5. The molecule has 0 aromatic heterocycles. The molecule has 2 aromatic carbocycles. The van der Waals surface area contributed by atoms with Crippen molar-refractivity contribution in [3.8, 4) is 0 Å². The molecule has 1 amide bonds. The van der Waals surface area contributed by atoms with E-state index in [1.165, 1.54) is 6.07 Å². The predicted molar refractivity (Wildman–Crippen MR) is 97.8 cm³/mol. The zero-order valence-corrected chi connectivity index (χ0v) is 15.7. The number of hydrogen-bond donors (Lipinski definition) is 1. The van der Waals surface area contributed by atoms with Crippen LogP contribution in [-0.2, 0) is 14.8 Å². The van der Waals surface area contributed by atoms with Crippen LogP contribution < -0.4 is 9.62 Å². The van der Waals surface area contributed by atoms with Gasteiger partial charge in [0.05, 0.1) is 11.9 Å². The smallest absolute Gasteiger partial charge is 0.245 e.